The SMILES string of the molecule is COc1ccnc(C(=O)C[C@@H](C)C(=O)O[C@@H](C)[C@H](OCC2CC2)c2cccc(-c3ccccc3)c2)c1OCOC(C)=O. The zero-order valence-corrected chi connectivity index (χ0v) is 24.4. The molecule has 0 radical (unpaired) electrons. The molecule has 9 heteroatoms. The van der Waals surface area contributed by atoms with E-state index in [1.807, 2.05) is 55.5 Å². The second-order valence-corrected chi connectivity index (χ2v) is 10.4. The molecule has 1 fully saturated rings. The smallest absolute Gasteiger partial charge is 0.309 e. The van der Waals surface area contributed by atoms with Crippen LogP contribution >= 0.6 is 0 Å². The number of carbonyl (C=O) groups excluding carboxylic acids is 3. The van der Waals surface area contributed by atoms with Crippen LogP contribution in [0.2, 0.25) is 0 Å². The van der Waals surface area contributed by atoms with Gasteiger partial charge in [-0.15, -0.1) is 0 Å². The van der Waals surface area contributed by atoms with E-state index in [1.165, 1.54) is 26.3 Å². The van der Waals surface area contributed by atoms with Crippen molar-refractivity contribution in [2.75, 3.05) is 20.5 Å². The van der Waals surface area contributed by atoms with Crippen molar-refractivity contribution >= 4 is 17.7 Å². The summed E-state index contributed by atoms with van der Waals surface area (Å²) in [6.45, 7) is 4.85. The normalized spacial score (nSPS) is 14.8. The summed E-state index contributed by atoms with van der Waals surface area (Å²) in [5.41, 5.74) is 3.01. The van der Waals surface area contributed by atoms with Crippen LogP contribution in [0.1, 0.15) is 62.2 Å². The van der Waals surface area contributed by atoms with Crippen LogP contribution in [-0.2, 0) is 23.8 Å². The predicted molar refractivity (Wildman–Crippen MR) is 155 cm³/mol. The van der Waals surface area contributed by atoms with Crippen LogP contribution in [0, 0.1) is 11.8 Å². The van der Waals surface area contributed by atoms with E-state index in [-0.39, 0.29) is 23.6 Å². The van der Waals surface area contributed by atoms with Crippen LogP contribution in [0.25, 0.3) is 11.1 Å². The first-order valence-corrected chi connectivity index (χ1v) is 14.1. The Kier molecular flexibility index (Phi) is 10.7. The molecule has 0 bridgehead atoms. The number of hydrogen-bond donors (Lipinski definition) is 0. The molecule has 1 aromatic heterocycles. The van der Waals surface area contributed by atoms with Crippen LogP contribution < -0.4 is 9.47 Å². The zero-order valence-electron chi connectivity index (χ0n) is 24.4. The molecular formula is C33H37NO8. The molecule has 0 saturated heterocycles. The Hall–Kier alpha value is -4.24. The summed E-state index contributed by atoms with van der Waals surface area (Å²) in [7, 11) is 1.42. The summed E-state index contributed by atoms with van der Waals surface area (Å²) in [6.07, 6.45) is 2.43. The standard InChI is InChI=1S/C33H37NO8/c1-21(17-28(36)30-32(41-20-40-23(3)35)29(38-4)15-16-34-30)33(37)42-22(2)31(39-19-24-13-14-24)27-12-8-11-26(18-27)25-9-6-5-7-10-25/h5-12,15-16,18,21-22,24,31H,13-14,17,19-20H2,1-4H3/t21-,22+,31+/m1/s1. The number of ether oxygens (including phenoxy) is 5. The number of rotatable bonds is 15. The summed E-state index contributed by atoms with van der Waals surface area (Å²) < 4.78 is 27.8. The van der Waals surface area contributed by atoms with Crippen molar-refractivity contribution in [3.63, 3.8) is 0 Å². The van der Waals surface area contributed by atoms with Gasteiger partial charge in [-0.3, -0.25) is 14.4 Å². The summed E-state index contributed by atoms with van der Waals surface area (Å²) in [5.74, 6) is -1.47. The van der Waals surface area contributed by atoms with Crippen LogP contribution in [0.15, 0.2) is 66.9 Å². The fourth-order valence-corrected chi connectivity index (χ4v) is 4.47. The van der Waals surface area contributed by atoms with E-state index < -0.39 is 42.6 Å². The maximum Gasteiger partial charge on any atom is 0.309 e. The average Bonchev–Trinajstić information content (AvgIpc) is 3.82. The molecule has 1 heterocycles. The van der Waals surface area contributed by atoms with E-state index in [2.05, 4.69) is 11.1 Å². The lowest BCUT2D eigenvalue weighted by atomic mass is 9.98. The van der Waals surface area contributed by atoms with E-state index in [4.69, 9.17) is 23.7 Å². The summed E-state index contributed by atoms with van der Waals surface area (Å²) in [6, 6.07) is 19.6. The van der Waals surface area contributed by atoms with Gasteiger partial charge in [0.1, 0.15) is 12.2 Å². The topological polar surface area (TPSA) is 110 Å². The lowest BCUT2D eigenvalue weighted by molar-refractivity contribution is -0.161. The number of esters is 2. The molecule has 0 N–H and O–H groups in total. The van der Waals surface area contributed by atoms with E-state index >= 15 is 0 Å². The molecule has 4 rings (SSSR count). The predicted octanol–water partition coefficient (Wildman–Crippen LogP) is 5.97. The Morgan fingerprint density at radius 1 is 0.976 bits per heavy atom. The molecule has 9 nitrogen and oxygen atoms in total. The highest BCUT2D eigenvalue weighted by molar-refractivity contribution is 5.99. The first-order valence-electron chi connectivity index (χ1n) is 14.1. The highest BCUT2D eigenvalue weighted by atomic mass is 16.7. The molecular weight excluding hydrogens is 538 g/mol. The van der Waals surface area contributed by atoms with Crippen molar-refractivity contribution in [2.45, 2.75) is 52.2 Å². The van der Waals surface area contributed by atoms with Gasteiger partial charge >= 0.3 is 11.9 Å². The maximum absolute atomic E-state index is 13.2. The Morgan fingerprint density at radius 3 is 2.40 bits per heavy atom. The number of benzene rings is 2. The van der Waals surface area contributed by atoms with Crippen molar-refractivity contribution in [3.05, 3.63) is 78.1 Å². The van der Waals surface area contributed by atoms with E-state index in [9.17, 15) is 14.4 Å². The molecule has 2 aromatic carbocycles. The molecule has 0 aliphatic heterocycles. The van der Waals surface area contributed by atoms with E-state index in [0.29, 0.717) is 12.5 Å². The molecule has 222 valence electrons. The van der Waals surface area contributed by atoms with Gasteiger partial charge in [0.2, 0.25) is 6.79 Å². The van der Waals surface area contributed by atoms with Gasteiger partial charge < -0.3 is 23.7 Å². The minimum atomic E-state index is -0.769. The van der Waals surface area contributed by atoms with Gasteiger partial charge in [0, 0.05) is 25.6 Å². The van der Waals surface area contributed by atoms with Gasteiger partial charge in [-0.1, -0.05) is 55.5 Å². The zero-order chi connectivity index (χ0) is 30.1. The van der Waals surface area contributed by atoms with Gasteiger partial charge in [-0.2, -0.15) is 0 Å². The van der Waals surface area contributed by atoms with Gasteiger partial charge in [-0.05, 0) is 48.4 Å². The van der Waals surface area contributed by atoms with Crippen LogP contribution in [0.3, 0.4) is 0 Å². The molecule has 1 aliphatic rings. The van der Waals surface area contributed by atoms with Crippen molar-refractivity contribution < 1.29 is 38.1 Å². The Morgan fingerprint density at radius 2 is 1.71 bits per heavy atom. The van der Waals surface area contributed by atoms with Crippen molar-refractivity contribution in [1.82, 2.24) is 4.98 Å². The first kappa shape index (κ1) is 30.7. The highest BCUT2D eigenvalue weighted by Crippen LogP contribution is 2.35. The van der Waals surface area contributed by atoms with Gasteiger partial charge in [0.15, 0.2) is 23.0 Å². The third-order valence-electron chi connectivity index (χ3n) is 6.97. The van der Waals surface area contributed by atoms with Crippen molar-refractivity contribution in [1.29, 1.82) is 0 Å². The van der Waals surface area contributed by atoms with Gasteiger partial charge in [-0.25, -0.2) is 4.98 Å². The molecule has 1 aliphatic carbocycles. The first-order chi connectivity index (χ1) is 20.3. The lowest BCUT2D eigenvalue weighted by Crippen LogP contribution is -2.29. The fourth-order valence-electron chi connectivity index (χ4n) is 4.47. The summed E-state index contributed by atoms with van der Waals surface area (Å²) in [5, 5.41) is 0. The number of hydrogen-bond acceptors (Lipinski definition) is 9. The largest absolute Gasteiger partial charge is 0.493 e. The molecule has 3 atom stereocenters. The van der Waals surface area contributed by atoms with Crippen LogP contribution in [0.4, 0.5) is 0 Å². The lowest BCUT2D eigenvalue weighted by Gasteiger charge is -2.26. The van der Waals surface area contributed by atoms with Crippen LogP contribution in [0.5, 0.6) is 11.5 Å². The Bertz CT molecular complexity index is 1370. The van der Waals surface area contributed by atoms with E-state index in [0.717, 1.165) is 29.5 Å². The fraction of sp³-hybridized carbons (Fsp3) is 0.394. The average molecular weight is 576 g/mol. The summed E-state index contributed by atoms with van der Waals surface area (Å²) >= 11 is 0. The molecule has 3 aromatic rings. The highest BCUT2D eigenvalue weighted by Gasteiger charge is 2.31. The second-order valence-electron chi connectivity index (χ2n) is 10.4. The quantitative estimate of drug-likeness (QED) is 0.123. The van der Waals surface area contributed by atoms with Crippen molar-refractivity contribution in [2.24, 2.45) is 11.8 Å². The number of nitrogens with zero attached hydrogens (tertiary/aromatic N) is 1. The third kappa shape index (κ3) is 8.39. The number of aromatic nitrogens is 1. The second kappa shape index (κ2) is 14.6. The molecule has 42 heavy (non-hydrogen) atoms. The van der Waals surface area contributed by atoms with Crippen molar-refractivity contribution in [3.8, 4) is 22.6 Å². The third-order valence-corrected chi connectivity index (χ3v) is 6.97. The molecule has 0 spiro atoms. The Labute approximate surface area is 246 Å². The number of pyridine rings is 1. The van der Waals surface area contributed by atoms with Crippen LogP contribution in [-0.4, -0.2) is 49.3 Å². The Balaban J connectivity index is 1.45. The number of methoxy groups -OCH3 is 1. The molecule has 0 amide bonds. The van der Waals surface area contributed by atoms with Gasteiger partial charge in [0.05, 0.1) is 19.6 Å². The minimum absolute atomic E-state index is 0.0300. The number of Topliss-reactive ketones (excluding diaryl/α,β-unsaturated/α-hetero) is 1. The molecule has 1 saturated carbocycles. The molecule has 0 unspecified atom stereocenters. The number of ketones is 1. The minimum Gasteiger partial charge on any atom is -0.493 e. The van der Waals surface area contributed by atoms with E-state index in [1.54, 1.807) is 6.92 Å². The van der Waals surface area contributed by atoms with Gasteiger partial charge in [0.25, 0.3) is 0 Å². The number of carbonyl (C=O) groups is 3. The summed E-state index contributed by atoms with van der Waals surface area (Å²) in [4.78, 5) is 41.7. The monoisotopic (exact) mass is 575 g/mol. The maximum atomic E-state index is 13.2.